The fraction of sp³-hybridized carbons (Fsp3) is 0.200. The summed E-state index contributed by atoms with van der Waals surface area (Å²) in [5, 5.41) is 10.3. The van der Waals surface area contributed by atoms with Gasteiger partial charge in [0.2, 0.25) is 0 Å². The standard InChI is InChI=1S/C15H15N3O2/c19-11-12-10-18(15-13(12)4-3-6-16-15)9-8-17-7-2-1-5-14(17)20/h1-7,10,19H,8-9,11H2. The minimum Gasteiger partial charge on any atom is -0.392 e. The van der Waals surface area contributed by atoms with Gasteiger partial charge < -0.3 is 14.2 Å². The Bertz CT molecular complexity index is 789. The third kappa shape index (κ3) is 2.23. The highest BCUT2D eigenvalue weighted by molar-refractivity contribution is 5.80. The van der Waals surface area contributed by atoms with E-state index in [4.69, 9.17) is 0 Å². The highest BCUT2D eigenvalue weighted by Crippen LogP contribution is 2.19. The van der Waals surface area contributed by atoms with E-state index in [-0.39, 0.29) is 12.2 Å². The van der Waals surface area contributed by atoms with Crippen molar-refractivity contribution in [2.75, 3.05) is 0 Å². The maximum absolute atomic E-state index is 11.7. The van der Waals surface area contributed by atoms with E-state index in [0.29, 0.717) is 13.1 Å². The Kier molecular flexibility index (Phi) is 3.35. The van der Waals surface area contributed by atoms with Crippen molar-refractivity contribution in [2.45, 2.75) is 19.7 Å². The Morgan fingerprint density at radius 3 is 2.75 bits per heavy atom. The Morgan fingerprint density at radius 2 is 1.95 bits per heavy atom. The molecule has 0 fully saturated rings. The van der Waals surface area contributed by atoms with Gasteiger partial charge in [0.1, 0.15) is 5.65 Å². The number of aromatic nitrogens is 3. The molecular weight excluding hydrogens is 254 g/mol. The van der Waals surface area contributed by atoms with Crippen LogP contribution in [-0.2, 0) is 19.7 Å². The SMILES string of the molecule is O=c1ccccn1CCn1cc(CO)c2cccnc21. The number of nitrogens with zero attached hydrogens (tertiary/aromatic N) is 3. The molecular formula is C15H15N3O2. The number of aliphatic hydroxyl groups excluding tert-OH is 1. The van der Waals surface area contributed by atoms with Gasteiger partial charge in [0.05, 0.1) is 6.61 Å². The van der Waals surface area contributed by atoms with Gasteiger partial charge in [-0.05, 0) is 18.2 Å². The van der Waals surface area contributed by atoms with E-state index >= 15 is 0 Å². The number of hydrogen-bond donors (Lipinski definition) is 1. The van der Waals surface area contributed by atoms with Crippen molar-refractivity contribution in [3.05, 3.63) is 64.8 Å². The molecule has 0 aliphatic heterocycles. The van der Waals surface area contributed by atoms with E-state index in [1.165, 1.54) is 0 Å². The van der Waals surface area contributed by atoms with Crippen molar-refractivity contribution >= 4 is 11.0 Å². The summed E-state index contributed by atoms with van der Waals surface area (Å²) in [5.74, 6) is 0. The first-order chi connectivity index (χ1) is 9.79. The molecule has 102 valence electrons. The first-order valence-electron chi connectivity index (χ1n) is 6.48. The van der Waals surface area contributed by atoms with Crippen molar-refractivity contribution in [3.63, 3.8) is 0 Å². The van der Waals surface area contributed by atoms with Crippen LogP contribution in [0.25, 0.3) is 11.0 Å². The van der Waals surface area contributed by atoms with Crippen LogP contribution < -0.4 is 5.56 Å². The van der Waals surface area contributed by atoms with E-state index in [1.807, 2.05) is 29.0 Å². The molecule has 0 atom stereocenters. The van der Waals surface area contributed by atoms with Crippen molar-refractivity contribution in [1.29, 1.82) is 0 Å². The fourth-order valence-electron chi connectivity index (χ4n) is 2.35. The monoisotopic (exact) mass is 269 g/mol. The van der Waals surface area contributed by atoms with Gasteiger partial charge in [-0.3, -0.25) is 4.79 Å². The molecule has 3 heterocycles. The molecule has 0 aliphatic rings. The lowest BCUT2D eigenvalue weighted by Crippen LogP contribution is -2.20. The van der Waals surface area contributed by atoms with Gasteiger partial charge in [0.25, 0.3) is 5.56 Å². The number of pyridine rings is 2. The lowest BCUT2D eigenvalue weighted by Gasteiger charge is -2.07. The smallest absolute Gasteiger partial charge is 0.250 e. The summed E-state index contributed by atoms with van der Waals surface area (Å²) in [6.45, 7) is 1.20. The average Bonchev–Trinajstić information content (AvgIpc) is 2.85. The van der Waals surface area contributed by atoms with Crippen LogP contribution in [0.5, 0.6) is 0 Å². The first-order valence-corrected chi connectivity index (χ1v) is 6.48. The second-order valence-corrected chi connectivity index (χ2v) is 4.61. The molecule has 5 heteroatoms. The van der Waals surface area contributed by atoms with Crippen LogP contribution in [0.4, 0.5) is 0 Å². The lowest BCUT2D eigenvalue weighted by atomic mass is 10.2. The molecule has 0 radical (unpaired) electrons. The molecule has 0 bridgehead atoms. The second kappa shape index (κ2) is 5.30. The highest BCUT2D eigenvalue weighted by Gasteiger charge is 2.08. The number of hydrogen-bond acceptors (Lipinski definition) is 3. The van der Waals surface area contributed by atoms with Crippen LogP contribution in [0, 0.1) is 0 Å². The number of rotatable bonds is 4. The summed E-state index contributed by atoms with van der Waals surface area (Å²) in [6.07, 6.45) is 5.40. The van der Waals surface area contributed by atoms with Gasteiger partial charge in [0.15, 0.2) is 0 Å². The molecule has 0 saturated carbocycles. The summed E-state index contributed by atoms with van der Waals surface area (Å²) in [5.41, 5.74) is 1.67. The van der Waals surface area contributed by atoms with Gasteiger partial charge in [-0.2, -0.15) is 0 Å². The second-order valence-electron chi connectivity index (χ2n) is 4.61. The Morgan fingerprint density at radius 1 is 1.10 bits per heavy atom. The quantitative estimate of drug-likeness (QED) is 0.778. The molecule has 20 heavy (non-hydrogen) atoms. The van der Waals surface area contributed by atoms with Gasteiger partial charge >= 0.3 is 0 Å². The average molecular weight is 269 g/mol. The van der Waals surface area contributed by atoms with Crippen LogP contribution in [0.1, 0.15) is 5.56 Å². The molecule has 3 aromatic heterocycles. The summed E-state index contributed by atoms with van der Waals surface area (Å²) >= 11 is 0. The predicted octanol–water partition coefficient (Wildman–Crippen LogP) is 1.39. The summed E-state index contributed by atoms with van der Waals surface area (Å²) in [4.78, 5) is 16.0. The maximum atomic E-state index is 11.7. The fourth-order valence-corrected chi connectivity index (χ4v) is 2.35. The topological polar surface area (TPSA) is 60.0 Å². The molecule has 0 unspecified atom stereocenters. The summed E-state index contributed by atoms with van der Waals surface area (Å²) in [7, 11) is 0. The molecule has 3 aromatic rings. The third-order valence-corrected chi connectivity index (χ3v) is 3.37. The molecule has 0 aromatic carbocycles. The van der Waals surface area contributed by atoms with E-state index in [0.717, 1.165) is 16.6 Å². The predicted molar refractivity (Wildman–Crippen MR) is 76.4 cm³/mol. The number of aliphatic hydroxyl groups is 1. The highest BCUT2D eigenvalue weighted by atomic mass is 16.3. The Hall–Kier alpha value is -2.40. The van der Waals surface area contributed by atoms with Crippen molar-refractivity contribution in [2.24, 2.45) is 0 Å². The van der Waals surface area contributed by atoms with E-state index < -0.39 is 0 Å². The van der Waals surface area contributed by atoms with E-state index in [2.05, 4.69) is 4.98 Å². The Labute approximate surface area is 115 Å². The molecule has 0 aliphatic carbocycles. The number of fused-ring (bicyclic) bond motifs is 1. The summed E-state index contributed by atoms with van der Waals surface area (Å²) < 4.78 is 3.63. The van der Waals surface area contributed by atoms with E-state index in [9.17, 15) is 9.90 Å². The van der Waals surface area contributed by atoms with Crippen molar-refractivity contribution in [1.82, 2.24) is 14.1 Å². The first kappa shape index (κ1) is 12.6. The van der Waals surface area contributed by atoms with Crippen molar-refractivity contribution < 1.29 is 5.11 Å². The summed E-state index contributed by atoms with van der Waals surface area (Å²) in [6, 6.07) is 8.92. The van der Waals surface area contributed by atoms with Crippen LogP contribution in [-0.4, -0.2) is 19.2 Å². The van der Waals surface area contributed by atoms with Gasteiger partial charge in [-0.15, -0.1) is 0 Å². The minimum absolute atomic E-state index is 0.0134. The van der Waals surface area contributed by atoms with E-state index in [1.54, 1.807) is 29.1 Å². The van der Waals surface area contributed by atoms with Crippen LogP contribution in [0.3, 0.4) is 0 Å². The minimum atomic E-state index is -0.0145. The maximum Gasteiger partial charge on any atom is 0.250 e. The van der Waals surface area contributed by atoms with Gasteiger partial charge in [-0.1, -0.05) is 6.07 Å². The van der Waals surface area contributed by atoms with Crippen LogP contribution in [0.2, 0.25) is 0 Å². The largest absolute Gasteiger partial charge is 0.392 e. The molecule has 0 amide bonds. The molecule has 1 N–H and O–H groups in total. The van der Waals surface area contributed by atoms with Gasteiger partial charge in [0, 0.05) is 48.7 Å². The molecule has 0 saturated heterocycles. The normalized spacial score (nSPS) is 11.1. The zero-order valence-corrected chi connectivity index (χ0v) is 10.9. The zero-order chi connectivity index (χ0) is 13.9. The molecule has 0 spiro atoms. The molecule has 3 rings (SSSR count). The van der Waals surface area contributed by atoms with Gasteiger partial charge in [-0.25, -0.2) is 4.98 Å². The van der Waals surface area contributed by atoms with Crippen LogP contribution >= 0.6 is 0 Å². The zero-order valence-electron chi connectivity index (χ0n) is 10.9. The third-order valence-electron chi connectivity index (χ3n) is 3.37. The lowest BCUT2D eigenvalue weighted by molar-refractivity contribution is 0.283. The van der Waals surface area contributed by atoms with Crippen LogP contribution in [0.15, 0.2) is 53.7 Å². The molecule has 5 nitrogen and oxygen atoms in total. The van der Waals surface area contributed by atoms with Crippen molar-refractivity contribution in [3.8, 4) is 0 Å². The number of aryl methyl sites for hydroxylation is 2. The Balaban J connectivity index is 1.92.